The van der Waals surface area contributed by atoms with Crippen LogP contribution in [0.25, 0.3) is 0 Å². The van der Waals surface area contributed by atoms with E-state index in [-0.39, 0.29) is 0 Å². The molecular weight excluding hydrogens is 158 g/mol. The van der Waals surface area contributed by atoms with Gasteiger partial charge in [0, 0.05) is 12.4 Å². The van der Waals surface area contributed by atoms with Crippen molar-refractivity contribution in [3.05, 3.63) is 12.7 Å². The van der Waals surface area contributed by atoms with Crippen molar-refractivity contribution >= 4 is 11.6 Å². The number of halogens is 1. The largest absolute Gasteiger partial charge is 0.316 e. The summed E-state index contributed by atoms with van der Waals surface area (Å²) >= 11 is 5.70. The first-order valence-electron chi connectivity index (χ1n) is 4.27. The third-order valence-electron chi connectivity index (χ3n) is 2.46. The fourth-order valence-corrected chi connectivity index (χ4v) is 1.99. The van der Waals surface area contributed by atoms with Crippen molar-refractivity contribution in [2.45, 2.75) is 12.8 Å². The van der Waals surface area contributed by atoms with Crippen LogP contribution in [0.15, 0.2) is 12.7 Å². The van der Waals surface area contributed by atoms with E-state index < -0.39 is 0 Å². The van der Waals surface area contributed by atoms with Gasteiger partial charge in [0.2, 0.25) is 0 Å². The molecule has 1 nitrogen and oxygen atoms in total. The van der Waals surface area contributed by atoms with Gasteiger partial charge in [-0.3, -0.25) is 0 Å². The molecule has 0 amide bonds. The molecular formula is C9H16ClN. The van der Waals surface area contributed by atoms with Crippen LogP contribution in [0, 0.1) is 11.8 Å². The monoisotopic (exact) mass is 173 g/mol. The molecule has 1 aliphatic heterocycles. The van der Waals surface area contributed by atoms with E-state index in [0.29, 0.717) is 5.92 Å². The van der Waals surface area contributed by atoms with Crippen molar-refractivity contribution in [1.29, 1.82) is 0 Å². The van der Waals surface area contributed by atoms with Crippen molar-refractivity contribution in [1.82, 2.24) is 5.32 Å². The third kappa shape index (κ3) is 2.49. The number of nitrogens with one attached hydrogen (secondary N) is 1. The van der Waals surface area contributed by atoms with Crippen LogP contribution in [0.3, 0.4) is 0 Å². The lowest BCUT2D eigenvalue weighted by Crippen LogP contribution is -2.35. The van der Waals surface area contributed by atoms with E-state index in [2.05, 4.69) is 18.0 Å². The van der Waals surface area contributed by atoms with Crippen LogP contribution >= 0.6 is 11.6 Å². The molecule has 0 radical (unpaired) electrons. The van der Waals surface area contributed by atoms with E-state index in [9.17, 15) is 0 Å². The highest BCUT2D eigenvalue weighted by Crippen LogP contribution is 2.23. The zero-order chi connectivity index (χ0) is 8.10. The van der Waals surface area contributed by atoms with Crippen LogP contribution in [0.5, 0.6) is 0 Å². The average Bonchev–Trinajstić information content (AvgIpc) is 2.06. The van der Waals surface area contributed by atoms with Crippen molar-refractivity contribution in [2.75, 3.05) is 19.0 Å². The molecule has 0 spiro atoms. The van der Waals surface area contributed by atoms with Crippen molar-refractivity contribution < 1.29 is 0 Å². The molecule has 0 aromatic carbocycles. The number of hydrogen-bond donors (Lipinski definition) is 1. The minimum Gasteiger partial charge on any atom is -0.316 e. The Hall–Kier alpha value is -0.0100. The topological polar surface area (TPSA) is 12.0 Å². The van der Waals surface area contributed by atoms with Gasteiger partial charge in [0.1, 0.15) is 0 Å². The van der Waals surface area contributed by atoms with Crippen LogP contribution in [0.2, 0.25) is 0 Å². The predicted octanol–water partition coefficient (Wildman–Crippen LogP) is 2.03. The summed E-state index contributed by atoms with van der Waals surface area (Å²) in [5, 5.41) is 3.36. The van der Waals surface area contributed by atoms with E-state index >= 15 is 0 Å². The van der Waals surface area contributed by atoms with E-state index in [1.807, 2.05) is 0 Å². The molecule has 64 valence electrons. The van der Waals surface area contributed by atoms with Gasteiger partial charge in [-0.15, -0.1) is 18.2 Å². The second-order valence-electron chi connectivity index (χ2n) is 3.13. The molecule has 1 rings (SSSR count). The normalized spacial score (nSPS) is 31.7. The van der Waals surface area contributed by atoms with E-state index in [1.165, 1.54) is 6.42 Å². The molecule has 1 fully saturated rings. The van der Waals surface area contributed by atoms with Gasteiger partial charge < -0.3 is 5.32 Å². The van der Waals surface area contributed by atoms with Gasteiger partial charge in [-0.25, -0.2) is 0 Å². The van der Waals surface area contributed by atoms with Crippen LogP contribution in [0.4, 0.5) is 0 Å². The van der Waals surface area contributed by atoms with Crippen LogP contribution in [-0.4, -0.2) is 19.0 Å². The van der Waals surface area contributed by atoms with Crippen molar-refractivity contribution in [3.8, 4) is 0 Å². The first-order chi connectivity index (χ1) is 5.38. The smallest absolute Gasteiger partial charge is 0.0226 e. The van der Waals surface area contributed by atoms with Gasteiger partial charge >= 0.3 is 0 Å². The molecule has 2 atom stereocenters. The highest BCUT2D eigenvalue weighted by atomic mass is 35.5. The maximum Gasteiger partial charge on any atom is 0.0226 e. The summed E-state index contributed by atoms with van der Waals surface area (Å²) in [5.41, 5.74) is 0. The quantitative estimate of drug-likeness (QED) is 0.509. The highest BCUT2D eigenvalue weighted by molar-refractivity contribution is 6.17. The highest BCUT2D eigenvalue weighted by Gasteiger charge is 2.21. The zero-order valence-electron chi connectivity index (χ0n) is 6.85. The van der Waals surface area contributed by atoms with Gasteiger partial charge in [-0.05, 0) is 31.2 Å². The standard InChI is InChI=1S/C9H16ClN/c1-2-8-7-11-6-4-9(8)3-5-10/h2,8-9,11H,1,3-7H2/t8-,9+/m0/s1. The molecule has 11 heavy (non-hydrogen) atoms. The number of piperidine rings is 1. The van der Waals surface area contributed by atoms with Crippen molar-refractivity contribution in [2.24, 2.45) is 11.8 Å². The summed E-state index contributed by atoms with van der Waals surface area (Å²) < 4.78 is 0. The van der Waals surface area contributed by atoms with Crippen molar-refractivity contribution in [3.63, 3.8) is 0 Å². The second kappa shape index (κ2) is 4.78. The first kappa shape index (κ1) is 9.08. The fourth-order valence-electron chi connectivity index (χ4n) is 1.71. The van der Waals surface area contributed by atoms with Crippen LogP contribution in [0.1, 0.15) is 12.8 Å². The summed E-state index contributed by atoms with van der Waals surface area (Å²) in [7, 11) is 0. The fraction of sp³-hybridized carbons (Fsp3) is 0.778. The summed E-state index contributed by atoms with van der Waals surface area (Å²) in [6.07, 6.45) is 4.45. The molecule has 1 aliphatic rings. The van der Waals surface area contributed by atoms with Gasteiger partial charge in [-0.1, -0.05) is 6.08 Å². The molecule has 1 N–H and O–H groups in total. The lowest BCUT2D eigenvalue weighted by molar-refractivity contribution is 0.295. The number of alkyl halides is 1. The maximum absolute atomic E-state index is 5.70. The lowest BCUT2D eigenvalue weighted by Gasteiger charge is -2.29. The second-order valence-corrected chi connectivity index (χ2v) is 3.51. The molecule has 0 saturated carbocycles. The maximum atomic E-state index is 5.70. The molecule has 0 aliphatic carbocycles. The Balaban J connectivity index is 2.37. The lowest BCUT2D eigenvalue weighted by atomic mass is 9.85. The zero-order valence-corrected chi connectivity index (χ0v) is 7.61. The van der Waals surface area contributed by atoms with Gasteiger partial charge in [0.15, 0.2) is 0 Å². The first-order valence-corrected chi connectivity index (χ1v) is 4.81. The molecule has 1 saturated heterocycles. The summed E-state index contributed by atoms with van der Waals surface area (Å²) in [6.45, 7) is 6.07. The molecule has 1 heterocycles. The summed E-state index contributed by atoms with van der Waals surface area (Å²) in [4.78, 5) is 0. The predicted molar refractivity (Wildman–Crippen MR) is 50.0 cm³/mol. The average molecular weight is 174 g/mol. The van der Waals surface area contributed by atoms with E-state index in [0.717, 1.165) is 31.3 Å². The Morgan fingerprint density at radius 3 is 3.09 bits per heavy atom. The molecule has 0 aromatic heterocycles. The van der Waals surface area contributed by atoms with Crippen LogP contribution in [-0.2, 0) is 0 Å². The Kier molecular flexibility index (Phi) is 3.95. The van der Waals surface area contributed by atoms with Gasteiger partial charge in [0.05, 0.1) is 0 Å². The Labute approximate surface area is 73.8 Å². The summed E-state index contributed by atoms with van der Waals surface area (Å²) in [6, 6.07) is 0. The Morgan fingerprint density at radius 1 is 1.64 bits per heavy atom. The minimum absolute atomic E-state index is 0.641. The van der Waals surface area contributed by atoms with Gasteiger partial charge in [-0.2, -0.15) is 0 Å². The van der Waals surface area contributed by atoms with E-state index in [4.69, 9.17) is 11.6 Å². The molecule has 0 unspecified atom stereocenters. The Bertz CT molecular complexity index is 123. The number of rotatable bonds is 3. The number of hydrogen-bond acceptors (Lipinski definition) is 1. The van der Waals surface area contributed by atoms with E-state index in [1.54, 1.807) is 0 Å². The molecule has 0 bridgehead atoms. The molecule has 2 heteroatoms. The Morgan fingerprint density at radius 2 is 2.45 bits per heavy atom. The minimum atomic E-state index is 0.641. The molecule has 0 aromatic rings. The summed E-state index contributed by atoms with van der Waals surface area (Å²) in [5.74, 6) is 2.20. The van der Waals surface area contributed by atoms with Gasteiger partial charge in [0.25, 0.3) is 0 Å². The van der Waals surface area contributed by atoms with Crippen LogP contribution < -0.4 is 5.32 Å². The third-order valence-corrected chi connectivity index (χ3v) is 2.68. The SMILES string of the molecule is C=C[C@H]1CNCC[C@H]1CCCl.